The first-order valence-electron chi connectivity index (χ1n) is 7.06. The Hall–Kier alpha value is -1.39. The molecule has 1 unspecified atom stereocenters. The van der Waals surface area contributed by atoms with E-state index in [-0.39, 0.29) is 36.6 Å². The maximum absolute atomic E-state index is 11.8. The largest absolute Gasteiger partial charge is 0.356 e. The van der Waals surface area contributed by atoms with E-state index in [2.05, 4.69) is 19.2 Å². The standard InChI is InChI=1S/C14H24N2O3/c1-4-11-9-13(18)16(14(11)19)8-6-12(17)15-7-5-10(2)3/h10-11H,4-9H2,1-3H3,(H,15,17). The first-order chi connectivity index (χ1) is 8.95. The Balaban J connectivity index is 2.30. The van der Waals surface area contributed by atoms with Crippen molar-refractivity contribution in [2.75, 3.05) is 13.1 Å². The molecule has 0 aromatic rings. The molecule has 1 atom stereocenters. The van der Waals surface area contributed by atoms with Gasteiger partial charge in [0.05, 0.1) is 0 Å². The third-order valence-electron chi connectivity index (χ3n) is 3.44. The molecule has 5 nitrogen and oxygen atoms in total. The zero-order valence-corrected chi connectivity index (χ0v) is 12.1. The van der Waals surface area contributed by atoms with Crippen LogP contribution in [0, 0.1) is 11.8 Å². The van der Waals surface area contributed by atoms with E-state index in [0.717, 1.165) is 6.42 Å². The van der Waals surface area contributed by atoms with Crippen molar-refractivity contribution in [3.8, 4) is 0 Å². The van der Waals surface area contributed by atoms with Gasteiger partial charge in [-0.1, -0.05) is 20.8 Å². The summed E-state index contributed by atoms with van der Waals surface area (Å²) in [6.07, 6.45) is 2.11. The third-order valence-corrected chi connectivity index (χ3v) is 3.44. The van der Waals surface area contributed by atoms with Crippen molar-refractivity contribution in [3.05, 3.63) is 0 Å². The number of nitrogens with zero attached hydrogens (tertiary/aromatic N) is 1. The van der Waals surface area contributed by atoms with E-state index >= 15 is 0 Å². The van der Waals surface area contributed by atoms with E-state index in [1.165, 1.54) is 4.90 Å². The van der Waals surface area contributed by atoms with Gasteiger partial charge in [0.2, 0.25) is 17.7 Å². The first-order valence-corrected chi connectivity index (χ1v) is 7.06. The lowest BCUT2D eigenvalue weighted by Crippen LogP contribution is -2.35. The van der Waals surface area contributed by atoms with Gasteiger partial charge in [0, 0.05) is 31.8 Å². The summed E-state index contributed by atoms with van der Waals surface area (Å²) < 4.78 is 0. The number of amides is 3. The number of imide groups is 1. The molecular weight excluding hydrogens is 244 g/mol. The van der Waals surface area contributed by atoms with E-state index < -0.39 is 0 Å². The average molecular weight is 268 g/mol. The minimum absolute atomic E-state index is 0.0961. The van der Waals surface area contributed by atoms with Gasteiger partial charge in [-0.05, 0) is 18.8 Å². The fourth-order valence-electron chi connectivity index (χ4n) is 2.11. The summed E-state index contributed by atoms with van der Waals surface area (Å²) in [4.78, 5) is 36.3. The number of nitrogens with one attached hydrogen (secondary N) is 1. The van der Waals surface area contributed by atoms with Gasteiger partial charge in [-0.25, -0.2) is 0 Å². The highest BCUT2D eigenvalue weighted by Crippen LogP contribution is 2.22. The molecule has 1 saturated heterocycles. The molecule has 1 aliphatic heterocycles. The summed E-state index contributed by atoms with van der Waals surface area (Å²) in [5, 5.41) is 2.80. The van der Waals surface area contributed by atoms with E-state index in [0.29, 0.717) is 25.3 Å². The summed E-state index contributed by atoms with van der Waals surface area (Å²) in [6, 6.07) is 0. The zero-order chi connectivity index (χ0) is 14.4. The van der Waals surface area contributed by atoms with Gasteiger partial charge in [-0.3, -0.25) is 19.3 Å². The van der Waals surface area contributed by atoms with E-state index in [4.69, 9.17) is 0 Å². The number of hydrogen-bond donors (Lipinski definition) is 1. The van der Waals surface area contributed by atoms with Gasteiger partial charge in [0.25, 0.3) is 0 Å². The molecule has 0 saturated carbocycles. The lowest BCUT2D eigenvalue weighted by Gasteiger charge is -2.14. The highest BCUT2D eigenvalue weighted by Gasteiger charge is 2.36. The van der Waals surface area contributed by atoms with Crippen molar-refractivity contribution in [2.24, 2.45) is 11.8 Å². The monoisotopic (exact) mass is 268 g/mol. The topological polar surface area (TPSA) is 66.5 Å². The summed E-state index contributed by atoms with van der Waals surface area (Å²) in [6.45, 7) is 6.95. The molecule has 108 valence electrons. The van der Waals surface area contributed by atoms with Gasteiger partial charge in [0.1, 0.15) is 0 Å². The Morgan fingerprint density at radius 3 is 2.63 bits per heavy atom. The minimum Gasteiger partial charge on any atom is -0.356 e. The second-order valence-electron chi connectivity index (χ2n) is 5.48. The summed E-state index contributed by atoms with van der Waals surface area (Å²) >= 11 is 0. The second kappa shape index (κ2) is 7.26. The quantitative estimate of drug-likeness (QED) is 0.708. The Morgan fingerprint density at radius 2 is 2.11 bits per heavy atom. The van der Waals surface area contributed by atoms with Crippen LogP contribution < -0.4 is 5.32 Å². The Bertz CT molecular complexity index is 353. The molecule has 1 N–H and O–H groups in total. The molecule has 0 aromatic carbocycles. The van der Waals surface area contributed by atoms with Crippen LogP contribution in [0.4, 0.5) is 0 Å². The van der Waals surface area contributed by atoms with Crippen LogP contribution in [0.1, 0.15) is 46.5 Å². The SMILES string of the molecule is CCC1CC(=O)N(CCC(=O)NCCC(C)C)C1=O. The number of rotatable bonds is 7. The van der Waals surface area contributed by atoms with Gasteiger partial charge in [-0.2, -0.15) is 0 Å². The van der Waals surface area contributed by atoms with E-state index in [9.17, 15) is 14.4 Å². The highest BCUT2D eigenvalue weighted by atomic mass is 16.2. The molecule has 5 heteroatoms. The highest BCUT2D eigenvalue weighted by molar-refractivity contribution is 6.03. The normalized spacial score (nSPS) is 19.4. The van der Waals surface area contributed by atoms with Gasteiger partial charge >= 0.3 is 0 Å². The molecule has 0 spiro atoms. The molecule has 3 amide bonds. The number of carbonyl (C=O) groups excluding carboxylic acids is 3. The van der Waals surface area contributed by atoms with Crippen LogP contribution in [0.3, 0.4) is 0 Å². The zero-order valence-electron chi connectivity index (χ0n) is 12.1. The van der Waals surface area contributed by atoms with Crippen LogP contribution in [-0.4, -0.2) is 35.7 Å². The molecular formula is C14H24N2O3. The van der Waals surface area contributed by atoms with Crippen LogP contribution in [0.15, 0.2) is 0 Å². The molecule has 0 bridgehead atoms. The van der Waals surface area contributed by atoms with Gasteiger partial charge in [0.15, 0.2) is 0 Å². The Morgan fingerprint density at radius 1 is 1.42 bits per heavy atom. The van der Waals surface area contributed by atoms with E-state index in [1.807, 2.05) is 6.92 Å². The van der Waals surface area contributed by atoms with Crippen LogP contribution in [0.2, 0.25) is 0 Å². The molecule has 1 fully saturated rings. The van der Waals surface area contributed by atoms with E-state index in [1.54, 1.807) is 0 Å². The smallest absolute Gasteiger partial charge is 0.232 e. The van der Waals surface area contributed by atoms with Crippen molar-refractivity contribution < 1.29 is 14.4 Å². The molecule has 0 aromatic heterocycles. The number of carbonyl (C=O) groups is 3. The fourth-order valence-corrected chi connectivity index (χ4v) is 2.11. The summed E-state index contributed by atoms with van der Waals surface area (Å²) in [5.74, 6) is -0.000591. The maximum Gasteiger partial charge on any atom is 0.232 e. The van der Waals surface area contributed by atoms with Crippen molar-refractivity contribution in [2.45, 2.75) is 46.5 Å². The first kappa shape index (κ1) is 15.7. The lowest BCUT2D eigenvalue weighted by atomic mass is 10.1. The number of likely N-dealkylation sites (tertiary alicyclic amines) is 1. The molecule has 0 radical (unpaired) electrons. The van der Waals surface area contributed by atoms with Crippen LogP contribution >= 0.6 is 0 Å². The predicted molar refractivity (Wildman–Crippen MR) is 72.2 cm³/mol. The average Bonchev–Trinajstić information content (AvgIpc) is 2.61. The number of hydrogen-bond acceptors (Lipinski definition) is 3. The summed E-state index contributed by atoms with van der Waals surface area (Å²) in [7, 11) is 0. The Kier molecular flexibility index (Phi) is 5.99. The third kappa shape index (κ3) is 4.65. The predicted octanol–water partition coefficient (Wildman–Crippen LogP) is 1.32. The van der Waals surface area contributed by atoms with Crippen molar-refractivity contribution in [1.29, 1.82) is 0 Å². The fraction of sp³-hybridized carbons (Fsp3) is 0.786. The molecule has 19 heavy (non-hydrogen) atoms. The lowest BCUT2D eigenvalue weighted by molar-refractivity contribution is -0.139. The van der Waals surface area contributed by atoms with Gasteiger partial charge in [-0.15, -0.1) is 0 Å². The second-order valence-corrected chi connectivity index (χ2v) is 5.48. The van der Waals surface area contributed by atoms with Crippen molar-refractivity contribution in [1.82, 2.24) is 10.2 Å². The summed E-state index contributed by atoms with van der Waals surface area (Å²) in [5.41, 5.74) is 0. The molecule has 1 heterocycles. The minimum atomic E-state index is -0.184. The van der Waals surface area contributed by atoms with Crippen LogP contribution in [0.5, 0.6) is 0 Å². The molecule has 0 aliphatic carbocycles. The Labute approximate surface area is 114 Å². The maximum atomic E-state index is 11.8. The van der Waals surface area contributed by atoms with Crippen molar-refractivity contribution >= 4 is 17.7 Å². The van der Waals surface area contributed by atoms with Crippen LogP contribution in [-0.2, 0) is 14.4 Å². The molecule has 1 aliphatic rings. The van der Waals surface area contributed by atoms with Crippen LogP contribution in [0.25, 0.3) is 0 Å². The van der Waals surface area contributed by atoms with Crippen molar-refractivity contribution in [3.63, 3.8) is 0 Å². The molecule has 1 rings (SSSR count). The van der Waals surface area contributed by atoms with Gasteiger partial charge < -0.3 is 5.32 Å².